The molecule has 8 heteroatoms. The number of Topliss-reactive ketones (excluding diaryl/α,β-unsaturated/α-hetero) is 1. The van der Waals surface area contributed by atoms with E-state index in [-0.39, 0.29) is 12.0 Å². The number of carbonyl (C=O) groups excluding carboxylic acids is 3. The van der Waals surface area contributed by atoms with Crippen molar-refractivity contribution >= 4 is 28.5 Å². The third kappa shape index (κ3) is 4.24. The number of hydrogen-bond donors (Lipinski definition) is 2. The molecule has 1 unspecified atom stereocenters. The van der Waals surface area contributed by atoms with Crippen LogP contribution < -0.4 is 11.1 Å². The monoisotopic (exact) mass is 427 g/mol. The Balaban J connectivity index is 1.70. The van der Waals surface area contributed by atoms with Crippen LogP contribution in [0.15, 0.2) is 73.1 Å². The highest BCUT2D eigenvalue weighted by Gasteiger charge is 2.28. The number of pyridine rings is 1. The van der Waals surface area contributed by atoms with Crippen LogP contribution in [0, 0.1) is 0 Å². The van der Waals surface area contributed by atoms with Crippen LogP contribution in [0.1, 0.15) is 15.9 Å². The van der Waals surface area contributed by atoms with E-state index in [1.165, 1.54) is 4.68 Å². The largest absolute Gasteiger partial charge is 0.363 e. The van der Waals surface area contributed by atoms with E-state index in [4.69, 9.17) is 5.73 Å². The van der Waals surface area contributed by atoms with Crippen molar-refractivity contribution < 1.29 is 14.4 Å². The zero-order chi connectivity index (χ0) is 22.7. The first-order valence-corrected chi connectivity index (χ1v) is 10.00. The van der Waals surface area contributed by atoms with E-state index in [2.05, 4.69) is 15.4 Å². The molecule has 0 saturated heterocycles. The Morgan fingerprint density at radius 2 is 1.78 bits per heavy atom. The Hall–Kier alpha value is -4.33. The van der Waals surface area contributed by atoms with E-state index >= 15 is 0 Å². The number of nitrogens with one attached hydrogen (secondary N) is 1. The van der Waals surface area contributed by atoms with E-state index in [0.29, 0.717) is 16.8 Å². The number of rotatable bonds is 7. The van der Waals surface area contributed by atoms with Crippen molar-refractivity contribution in [2.75, 3.05) is 0 Å². The summed E-state index contributed by atoms with van der Waals surface area (Å²) in [5, 5.41) is 8.04. The average molecular weight is 427 g/mol. The molecule has 2 amide bonds. The summed E-state index contributed by atoms with van der Waals surface area (Å²) in [6, 6.07) is 17.4. The topological polar surface area (TPSA) is 120 Å². The summed E-state index contributed by atoms with van der Waals surface area (Å²) in [7, 11) is 1.70. The minimum absolute atomic E-state index is 0.139. The van der Waals surface area contributed by atoms with Gasteiger partial charge in [0, 0.05) is 36.8 Å². The normalized spacial score (nSPS) is 11.8. The van der Waals surface area contributed by atoms with Gasteiger partial charge in [-0.25, -0.2) is 0 Å². The first kappa shape index (κ1) is 20.9. The van der Waals surface area contributed by atoms with E-state index in [1.54, 1.807) is 19.4 Å². The number of carbonyl (C=O) groups is 3. The van der Waals surface area contributed by atoms with Crippen molar-refractivity contribution in [2.24, 2.45) is 12.8 Å². The molecule has 0 spiro atoms. The fourth-order valence-corrected chi connectivity index (χ4v) is 3.62. The highest BCUT2D eigenvalue weighted by atomic mass is 16.2. The van der Waals surface area contributed by atoms with Crippen molar-refractivity contribution in [1.29, 1.82) is 0 Å². The Bertz CT molecular complexity index is 1310. The summed E-state index contributed by atoms with van der Waals surface area (Å²) in [6.45, 7) is 0. The fraction of sp³-hybridized carbons (Fsp3) is 0.125. The molecule has 0 aliphatic rings. The van der Waals surface area contributed by atoms with E-state index in [9.17, 15) is 14.4 Å². The molecule has 1 atom stereocenters. The Kier molecular flexibility index (Phi) is 5.76. The second kappa shape index (κ2) is 8.81. The van der Waals surface area contributed by atoms with Crippen LogP contribution in [0.2, 0.25) is 0 Å². The van der Waals surface area contributed by atoms with Crippen molar-refractivity contribution in [2.45, 2.75) is 12.5 Å². The maximum absolute atomic E-state index is 13.2. The molecule has 0 fully saturated rings. The molecule has 2 aromatic heterocycles. The van der Waals surface area contributed by atoms with Gasteiger partial charge in [-0.15, -0.1) is 0 Å². The number of aromatic nitrogens is 3. The molecule has 32 heavy (non-hydrogen) atoms. The van der Waals surface area contributed by atoms with Crippen LogP contribution in [-0.4, -0.2) is 38.4 Å². The van der Waals surface area contributed by atoms with E-state index in [1.807, 2.05) is 60.7 Å². The molecule has 0 bridgehead atoms. The van der Waals surface area contributed by atoms with Gasteiger partial charge in [-0.05, 0) is 11.6 Å². The zero-order valence-corrected chi connectivity index (χ0v) is 17.4. The second-order valence-electron chi connectivity index (χ2n) is 7.39. The molecule has 4 aromatic rings. The fourth-order valence-electron chi connectivity index (χ4n) is 3.62. The van der Waals surface area contributed by atoms with Gasteiger partial charge < -0.3 is 11.1 Å². The molecule has 0 aliphatic heterocycles. The Morgan fingerprint density at radius 3 is 2.53 bits per heavy atom. The number of fused-ring (bicyclic) bond motifs is 1. The van der Waals surface area contributed by atoms with Crippen LogP contribution in [0.25, 0.3) is 22.2 Å². The number of amides is 2. The highest BCUT2D eigenvalue weighted by molar-refractivity contribution is 6.38. The molecule has 2 aromatic carbocycles. The number of nitrogens with two attached hydrogens (primary N) is 1. The van der Waals surface area contributed by atoms with Gasteiger partial charge in [-0.3, -0.25) is 24.0 Å². The predicted molar refractivity (Wildman–Crippen MR) is 120 cm³/mol. The SMILES string of the molecule is Cn1cc(C(=O)NC(Cc2ccccc2)C(=O)C(N)=O)c(-c2cccc3cccnc23)n1. The van der Waals surface area contributed by atoms with Gasteiger partial charge in [0.2, 0.25) is 5.78 Å². The maximum Gasteiger partial charge on any atom is 0.287 e. The number of benzene rings is 2. The summed E-state index contributed by atoms with van der Waals surface area (Å²) in [4.78, 5) is 41.7. The van der Waals surface area contributed by atoms with Crippen LogP contribution >= 0.6 is 0 Å². The lowest BCUT2D eigenvalue weighted by atomic mass is 10.0. The molecular weight excluding hydrogens is 406 g/mol. The molecule has 0 saturated carbocycles. The summed E-state index contributed by atoms with van der Waals surface area (Å²) >= 11 is 0. The van der Waals surface area contributed by atoms with Crippen LogP contribution in [0.5, 0.6) is 0 Å². The lowest BCUT2D eigenvalue weighted by molar-refractivity contribution is -0.137. The molecule has 2 heterocycles. The van der Waals surface area contributed by atoms with Gasteiger partial charge in [0.1, 0.15) is 11.7 Å². The third-order valence-corrected chi connectivity index (χ3v) is 5.11. The molecule has 0 aliphatic carbocycles. The van der Waals surface area contributed by atoms with Crippen molar-refractivity contribution in [1.82, 2.24) is 20.1 Å². The van der Waals surface area contributed by atoms with Gasteiger partial charge in [-0.2, -0.15) is 5.10 Å². The van der Waals surface area contributed by atoms with Gasteiger partial charge >= 0.3 is 0 Å². The second-order valence-corrected chi connectivity index (χ2v) is 7.39. The standard InChI is InChI=1S/C24H21N5O3/c1-29-14-18(21(28-29)17-11-5-9-16-10-6-12-26-20(16)17)24(32)27-19(22(30)23(25)31)13-15-7-3-2-4-8-15/h2-12,14,19H,13H2,1H3,(H2,25,31)(H,27,32). The zero-order valence-electron chi connectivity index (χ0n) is 17.4. The molecule has 8 nitrogen and oxygen atoms in total. The lowest BCUT2D eigenvalue weighted by Crippen LogP contribution is -2.47. The number of primary amides is 1. The minimum atomic E-state index is -1.10. The Labute approximate surface area is 184 Å². The number of para-hydroxylation sites is 1. The number of nitrogens with zero attached hydrogens (tertiary/aromatic N) is 3. The van der Waals surface area contributed by atoms with Crippen LogP contribution in [0.3, 0.4) is 0 Å². The molecular formula is C24H21N5O3. The van der Waals surface area contributed by atoms with Crippen LogP contribution in [0.4, 0.5) is 0 Å². The first-order chi connectivity index (χ1) is 15.4. The Morgan fingerprint density at radius 1 is 1.03 bits per heavy atom. The molecule has 3 N–H and O–H groups in total. The first-order valence-electron chi connectivity index (χ1n) is 10.00. The number of aryl methyl sites for hydroxylation is 1. The minimum Gasteiger partial charge on any atom is -0.363 e. The number of ketones is 1. The van der Waals surface area contributed by atoms with Crippen LogP contribution in [-0.2, 0) is 23.1 Å². The predicted octanol–water partition coefficient (Wildman–Crippen LogP) is 2.03. The third-order valence-electron chi connectivity index (χ3n) is 5.11. The van der Waals surface area contributed by atoms with Gasteiger partial charge in [0.25, 0.3) is 11.8 Å². The highest BCUT2D eigenvalue weighted by Crippen LogP contribution is 2.28. The maximum atomic E-state index is 13.2. The smallest absolute Gasteiger partial charge is 0.287 e. The number of hydrogen-bond acceptors (Lipinski definition) is 5. The van der Waals surface area contributed by atoms with E-state index < -0.39 is 23.6 Å². The summed E-state index contributed by atoms with van der Waals surface area (Å²) in [5.41, 5.74) is 8.11. The van der Waals surface area contributed by atoms with Crippen molar-refractivity contribution in [3.05, 3.63) is 84.2 Å². The molecule has 0 radical (unpaired) electrons. The van der Waals surface area contributed by atoms with E-state index in [0.717, 1.165) is 10.9 Å². The summed E-state index contributed by atoms with van der Waals surface area (Å²) < 4.78 is 1.52. The average Bonchev–Trinajstić information content (AvgIpc) is 3.20. The lowest BCUT2D eigenvalue weighted by Gasteiger charge is -2.16. The van der Waals surface area contributed by atoms with Crippen molar-refractivity contribution in [3.63, 3.8) is 0 Å². The van der Waals surface area contributed by atoms with Crippen molar-refractivity contribution in [3.8, 4) is 11.3 Å². The van der Waals surface area contributed by atoms with Gasteiger partial charge in [0.15, 0.2) is 0 Å². The summed E-state index contributed by atoms with van der Waals surface area (Å²) in [5.74, 6) is -2.49. The quantitative estimate of drug-likeness (QED) is 0.437. The molecule has 4 rings (SSSR count). The van der Waals surface area contributed by atoms with Gasteiger partial charge in [-0.1, -0.05) is 54.6 Å². The molecule has 160 valence electrons. The summed E-state index contributed by atoms with van der Waals surface area (Å²) in [6.07, 6.45) is 3.39. The van der Waals surface area contributed by atoms with Gasteiger partial charge in [0.05, 0.1) is 11.1 Å².